The number of rotatable bonds is 7. The van der Waals surface area contributed by atoms with Crippen LogP contribution in [-0.4, -0.2) is 32.5 Å². The monoisotopic (exact) mass is 322 g/mol. The molecular formula is C15H18N2O4S. The Balaban J connectivity index is 2.11. The fourth-order valence-corrected chi connectivity index (χ4v) is 3.14. The summed E-state index contributed by atoms with van der Waals surface area (Å²) in [7, 11) is -3.79. The molecule has 0 atom stereocenters. The van der Waals surface area contributed by atoms with Crippen molar-refractivity contribution in [1.82, 2.24) is 9.71 Å². The molecule has 1 aromatic carbocycles. The van der Waals surface area contributed by atoms with Gasteiger partial charge >= 0.3 is 5.97 Å². The van der Waals surface area contributed by atoms with Gasteiger partial charge in [-0.25, -0.2) is 8.42 Å². The van der Waals surface area contributed by atoms with E-state index in [0.717, 1.165) is 18.2 Å². The van der Waals surface area contributed by atoms with E-state index in [4.69, 9.17) is 4.74 Å². The van der Waals surface area contributed by atoms with E-state index in [9.17, 15) is 13.2 Å². The molecule has 118 valence electrons. The third-order valence-electron chi connectivity index (χ3n) is 3.10. The lowest BCUT2D eigenvalue weighted by Gasteiger charge is -2.09. The molecule has 0 bridgehead atoms. The highest BCUT2D eigenvalue weighted by Crippen LogP contribution is 2.21. The molecule has 1 N–H and O–H groups in total. The molecule has 2 aromatic rings. The number of hydrogen-bond donors (Lipinski definition) is 1. The van der Waals surface area contributed by atoms with Crippen LogP contribution < -0.4 is 4.72 Å². The molecule has 2 rings (SSSR count). The van der Waals surface area contributed by atoms with Crippen molar-refractivity contribution in [2.24, 2.45) is 0 Å². The Morgan fingerprint density at radius 2 is 2.14 bits per heavy atom. The van der Waals surface area contributed by atoms with Crippen LogP contribution in [0, 0.1) is 0 Å². The van der Waals surface area contributed by atoms with Gasteiger partial charge in [0.1, 0.15) is 6.54 Å². The van der Waals surface area contributed by atoms with Crippen molar-refractivity contribution >= 4 is 26.8 Å². The number of carbonyl (C=O) groups is 1. The second kappa shape index (κ2) is 7.33. The first-order valence-corrected chi connectivity index (χ1v) is 8.51. The molecule has 0 aliphatic rings. The van der Waals surface area contributed by atoms with Crippen LogP contribution in [0.2, 0.25) is 0 Å². The van der Waals surface area contributed by atoms with Crippen LogP contribution in [0.5, 0.6) is 0 Å². The van der Waals surface area contributed by atoms with Gasteiger partial charge in [0.25, 0.3) is 0 Å². The molecule has 0 amide bonds. The number of unbranched alkanes of at least 4 members (excludes halogenated alkanes) is 1. The summed E-state index contributed by atoms with van der Waals surface area (Å²) in [5.74, 6) is -0.584. The van der Waals surface area contributed by atoms with Crippen molar-refractivity contribution in [3.63, 3.8) is 0 Å². The summed E-state index contributed by atoms with van der Waals surface area (Å²) in [6, 6.07) is 6.54. The normalized spacial score (nSPS) is 11.5. The largest absolute Gasteiger partial charge is 0.465 e. The zero-order valence-electron chi connectivity index (χ0n) is 12.3. The molecule has 0 saturated heterocycles. The minimum atomic E-state index is -3.79. The number of hydrogen-bond acceptors (Lipinski definition) is 5. The highest BCUT2D eigenvalue weighted by atomic mass is 32.2. The van der Waals surface area contributed by atoms with Gasteiger partial charge in [-0.3, -0.25) is 9.78 Å². The van der Waals surface area contributed by atoms with Gasteiger partial charge in [-0.1, -0.05) is 25.5 Å². The summed E-state index contributed by atoms with van der Waals surface area (Å²) < 4.78 is 31.9. The number of pyridine rings is 1. The lowest BCUT2D eigenvalue weighted by Crippen LogP contribution is -2.31. The van der Waals surface area contributed by atoms with Gasteiger partial charge in [-0.05, 0) is 18.6 Å². The Bertz CT molecular complexity index is 754. The maximum Gasteiger partial charge on any atom is 0.321 e. The molecule has 7 heteroatoms. The molecule has 1 heterocycles. The van der Waals surface area contributed by atoms with Crippen molar-refractivity contribution in [1.29, 1.82) is 0 Å². The summed E-state index contributed by atoms with van der Waals surface area (Å²) in [6.45, 7) is 1.90. The van der Waals surface area contributed by atoms with Crippen LogP contribution in [0.3, 0.4) is 0 Å². The number of ether oxygens (including phenoxy) is 1. The standard InChI is InChI=1S/C15H18N2O4S/c1-2-3-9-21-15(18)11-17-22(19,20)14-6-4-5-12-10-16-8-7-13(12)14/h4-8,10,17H,2-3,9,11H2,1H3. The Kier molecular flexibility index (Phi) is 5.46. The average molecular weight is 322 g/mol. The zero-order valence-corrected chi connectivity index (χ0v) is 13.1. The predicted molar refractivity (Wildman–Crippen MR) is 82.8 cm³/mol. The fourth-order valence-electron chi connectivity index (χ4n) is 1.94. The number of benzene rings is 1. The average Bonchev–Trinajstić information content (AvgIpc) is 2.53. The van der Waals surface area contributed by atoms with Gasteiger partial charge in [0.15, 0.2) is 0 Å². The van der Waals surface area contributed by atoms with Gasteiger partial charge < -0.3 is 4.74 Å². The van der Waals surface area contributed by atoms with Crippen LogP contribution in [0.1, 0.15) is 19.8 Å². The number of fused-ring (bicyclic) bond motifs is 1. The van der Waals surface area contributed by atoms with Gasteiger partial charge in [0, 0.05) is 23.2 Å². The molecule has 0 fully saturated rings. The lowest BCUT2D eigenvalue weighted by atomic mass is 10.2. The molecule has 0 aliphatic carbocycles. The van der Waals surface area contributed by atoms with E-state index in [0.29, 0.717) is 12.0 Å². The van der Waals surface area contributed by atoms with Crippen molar-refractivity contribution in [2.45, 2.75) is 24.7 Å². The zero-order chi connectivity index (χ0) is 16.0. The fraction of sp³-hybridized carbons (Fsp3) is 0.333. The Hall–Kier alpha value is -1.99. The number of aromatic nitrogens is 1. The topological polar surface area (TPSA) is 85.4 Å². The third-order valence-corrected chi connectivity index (χ3v) is 4.56. The van der Waals surface area contributed by atoms with E-state index in [-0.39, 0.29) is 11.4 Å². The number of esters is 1. The summed E-state index contributed by atoms with van der Waals surface area (Å²) in [5, 5.41) is 1.28. The summed E-state index contributed by atoms with van der Waals surface area (Å²) in [5.41, 5.74) is 0. The Morgan fingerprint density at radius 1 is 1.32 bits per heavy atom. The van der Waals surface area contributed by atoms with Crippen molar-refractivity contribution in [3.05, 3.63) is 36.7 Å². The van der Waals surface area contributed by atoms with E-state index >= 15 is 0 Å². The number of nitrogens with one attached hydrogen (secondary N) is 1. The minimum Gasteiger partial charge on any atom is -0.465 e. The maximum absolute atomic E-state index is 12.3. The Morgan fingerprint density at radius 3 is 2.91 bits per heavy atom. The van der Waals surface area contributed by atoms with E-state index < -0.39 is 16.0 Å². The van der Waals surface area contributed by atoms with Crippen molar-refractivity contribution < 1.29 is 17.9 Å². The maximum atomic E-state index is 12.3. The van der Waals surface area contributed by atoms with Gasteiger partial charge in [0.05, 0.1) is 11.5 Å². The minimum absolute atomic E-state index is 0.119. The van der Waals surface area contributed by atoms with Gasteiger partial charge in [-0.15, -0.1) is 0 Å². The van der Waals surface area contributed by atoms with Crippen LogP contribution >= 0.6 is 0 Å². The molecule has 1 aromatic heterocycles. The van der Waals surface area contributed by atoms with Crippen LogP contribution in [0.15, 0.2) is 41.6 Å². The third kappa shape index (κ3) is 4.02. The first-order chi connectivity index (χ1) is 10.5. The quantitative estimate of drug-likeness (QED) is 0.621. The second-order valence-corrected chi connectivity index (χ2v) is 6.49. The SMILES string of the molecule is CCCCOC(=O)CNS(=O)(=O)c1cccc2cnccc12. The second-order valence-electron chi connectivity index (χ2n) is 4.75. The molecular weight excluding hydrogens is 304 g/mol. The van der Waals surface area contributed by atoms with E-state index in [1.807, 2.05) is 6.92 Å². The first-order valence-electron chi connectivity index (χ1n) is 7.02. The summed E-state index contributed by atoms with van der Waals surface area (Å²) in [4.78, 5) is 15.6. The summed E-state index contributed by atoms with van der Waals surface area (Å²) in [6.07, 6.45) is 4.78. The lowest BCUT2D eigenvalue weighted by molar-refractivity contribution is -0.142. The first kappa shape index (κ1) is 16.4. The smallest absolute Gasteiger partial charge is 0.321 e. The Labute approximate surface area is 129 Å². The number of carbonyl (C=O) groups excluding carboxylic acids is 1. The van der Waals surface area contributed by atoms with Gasteiger partial charge in [0.2, 0.25) is 10.0 Å². The molecule has 0 unspecified atom stereocenters. The van der Waals surface area contributed by atoms with Crippen LogP contribution in [0.25, 0.3) is 10.8 Å². The highest BCUT2D eigenvalue weighted by molar-refractivity contribution is 7.89. The summed E-state index contributed by atoms with van der Waals surface area (Å²) >= 11 is 0. The van der Waals surface area contributed by atoms with Crippen molar-refractivity contribution in [2.75, 3.05) is 13.2 Å². The van der Waals surface area contributed by atoms with E-state index in [2.05, 4.69) is 9.71 Å². The molecule has 6 nitrogen and oxygen atoms in total. The van der Waals surface area contributed by atoms with Crippen molar-refractivity contribution in [3.8, 4) is 0 Å². The predicted octanol–water partition coefficient (Wildman–Crippen LogP) is 1.86. The van der Waals surface area contributed by atoms with E-state index in [1.54, 1.807) is 24.4 Å². The van der Waals surface area contributed by atoms with E-state index in [1.165, 1.54) is 12.3 Å². The highest BCUT2D eigenvalue weighted by Gasteiger charge is 2.18. The molecule has 0 radical (unpaired) electrons. The van der Waals surface area contributed by atoms with Crippen LogP contribution in [0.4, 0.5) is 0 Å². The molecule has 0 saturated carbocycles. The van der Waals surface area contributed by atoms with Gasteiger partial charge in [-0.2, -0.15) is 4.72 Å². The molecule has 0 aliphatic heterocycles. The van der Waals surface area contributed by atoms with Crippen LogP contribution in [-0.2, 0) is 19.6 Å². The number of nitrogens with zero attached hydrogens (tertiary/aromatic N) is 1. The number of sulfonamides is 1. The molecule has 22 heavy (non-hydrogen) atoms. The molecule has 0 spiro atoms.